The molecule has 1 rings (SSSR count). The molecular weight excluding hydrogens is 279 g/mol. The summed E-state index contributed by atoms with van der Waals surface area (Å²) in [6.45, 7) is 3.85. The van der Waals surface area contributed by atoms with Gasteiger partial charge in [-0.2, -0.15) is 4.31 Å². The highest BCUT2D eigenvalue weighted by Gasteiger charge is 2.28. The molecule has 3 nitrogen and oxygen atoms in total. The number of hydrogen-bond acceptors (Lipinski definition) is 2. The third-order valence-electron chi connectivity index (χ3n) is 2.73. The number of rotatable bonds is 6. The van der Waals surface area contributed by atoms with Crippen molar-refractivity contribution < 1.29 is 21.6 Å². The Balaban J connectivity index is 3.22. The summed E-state index contributed by atoms with van der Waals surface area (Å²) in [4.78, 5) is -0.829. The Morgan fingerprint density at radius 3 is 2.26 bits per heavy atom. The first-order valence-electron chi connectivity index (χ1n) is 5.99. The molecule has 0 aliphatic heterocycles. The highest BCUT2D eigenvalue weighted by molar-refractivity contribution is 7.89. The summed E-state index contributed by atoms with van der Waals surface area (Å²) in [5.74, 6) is -4.85. The van der Waals surface area contributed by atoms with Gasteiger partial charge in [0.05, 0.1) is 0 Å². The second kappa shape index (κ2) is 6.38. The number of hydrogen-bond donors (Lipinski definition) is 0. The maximum atomic E-state index is 13.6. The number of nitrogens with zero attached hydrogens (tertiary/aromatic N) is 1. The molecule has 0 fully saturated rings. The van der Waals surface area contributed by atoms with Gasteiger partial charge < -0.3 is 0 Å². The lowest BCUT2D eigenvalue weighted by Crippen LogP contribution is -2.32. The molecule has 0 saturated heterocycles. The van der Waals surface area contributed by atoms with Gasteiger partial charge >= 0.3 is 0 Å². The first-order valence-corrected chi connectivity index (χ1v) is 7.43. The van der Waals surface area contributed by atoms with Gasteiger partial charge in [0.25, 0.3) is 0 Å². The summed E-state index contributed by atoms with van der Waals surface area (Å²) >= 11 is 0. The molecule has 0 heterocycles. The Labute approximate surface area is 111 Å². The van der Waals surface area contributed by atoms with E-state index in [1.54, 1.807) is 6.92 Å². The fraction of sp³-hybridized carbons (Fsp3) is 0.500. The van der Waals surface area contributed by atoms with Crippen LogP contribution < -0.4 is 0 Å². The van der Waals surface area contributed by atoms with Crippen molar-refractivity contribution in [2.45, 2.75) is 31.6 Å². The number of halogens is 3. The summed E-state index contributed by atoms with van der Waals surface area (Å²) < 4.78 is 64.8. The second-order valence-corrected chi connectivity index (χ2v) is 5.93. The Morgan fingerprint density at radius 1 is 1.11 bits per heavy atom. The van der Waals surface area contributed by atoms with Gasteiger partial charge in [0.15, 0.2) is 17.5 Å². The van der Waals surface area contributed by atoms with Gasteiger partial charge in [-0.05, 0) is 18.6 Å². The fourth-order valence-electron chi connectivity index (χ4n) is 1.63. The Hall–Kier alpha value is -1.08. The smallest absolute Gasteiger partial charge is 0.207 e. The van der Waals surface area contributed by atoms with E-state index in [2.05, 4.69) is 0 Å². The summed E-state index contributed by atoms with van der Waals surface area (Å²) in [6.07, 6.45) is 1.38. The van der Waals surface area contributed by atoms with Crippen LogP contribution in [0.3, 0.4) is 0 Å². The van der Waals surface area contributed by atoms with E-state index in [0.29, 0.717) is 12.5 Å². The Kier molecular flexibility index (Phi) is 5.37. The number of sulfonamides is 1. The predicted octanol–water partition coefficient (Wildman–Crippen LogP) is 2.91. The molecule has 0 aliphatic rings. The van der Waals surface area contributed by atoms with Crippen LogP contribution in [-0.4, -0.2) is 25.8 Å². The van der Waals surface area contributed by atoms with Crippen molar-refractivity contribution in [2.24, 2.45) is 0 Å². The largest absolute Gasteiger partial charge is 0.246 e. The van der Waals surface area contributed by atoms with Crippen molar-refractivity contribution in [3.8, 4) is 0 Å². The van der Waals surface area contributed by atoms with Crippen LogP contribution in [-0.2, 0) is 10.0 Å². The first-order chi connectivity index (χ1) is 8.86. The van der Waals surface area contributed by atoms with Crippen molar-refractivity contribution >= 4 is 10.0 Å². The average molecular weight is 295 g/mol. The summed E-state index contributed by atoms with van der Waals surface area (Å²) in [7, 11) is -4.14. The molecule has 0 spiro atoms. The molecule has 0 aliphatic carbocycles. The molecule has 1 aromatic rings. The minimum Gasteiger partial charge on any atom is -0.207 e. The molecular formula is C12H16F3NO2S. The molecule has 0 atom stereocenters. The zero-order valence-corrected chi connectivity index (χ0v) is 11.6. The fourth-order valence-corrected chi connectivity index (χ4v) is 3.17. The number of benzene rings is 1. The number of unbranched alkanes of at least 4 members (excludes halogenated alkanes) is 1. The lowest BCUT2D eigenvalue weighted by molar-refractivity contribution is 0.403. The lowest BCUT2D eigenvalue weighted by atomic mass is 10.3. The Bertz CT molecular complexity index is 546. The molecule has 108 valence electrons. The van der Waals surface area contributed by atoms with E-state index in [0.717, 1.165) is 16.8 Å². The molecule has 0 radical (unpaired) electrons. The summed E-state index contributed by atoms with van der Waals surface area (Å²) in [6, 6.07) is 1.36. The molecule has 0 saturated carbocycles. The minimum absolute atomic E-state index is 0.140. The zero-order valence-electron chi connectivity index (χ0n) is 10.8. The van der Waals surface area contributed by atoms with E-state index < -0.39 is 32.4 Å². The molecule has 0 aromatic heterocycles. The maximum absolute atomic E-state index is 13.6. The van der Waals surface area contributed by atoms with Gasteiger partial charge in [-0.1, -0.05) is 20.3 Å². The third kappa shape index (κ3) is 3.27. The van der Waals surface area contributed by atoms with E-state index >= 15 is 0 Å². The first kappa shape index (κ1) is 16.0. The molecule has 0 N–H and O–H groups in total. The van der Waals surface area contributed by atoms with Crippen LogP contribution in [0, 0.1) is 17.5 Å². The molecule has 0 bridgehead atoms. The third-order valence-corrected chi connectivity index (χ3v) is 4.72. The molecule has 0 unspecified atom stereocenters. The quantitative estimate of drug-likeness (QED) is 0.757. The van der Waals surface area contributed by atoms with Gasteiger partial charge in [-0.25, -0.2) is 21.6 Å². The average Bonchev–Trinajstić information content (AvgIpc) is 2.36. The molecule has 19 heavy (non-hydrogen) atoms. The van der Waals surface area contributed by atoms with E-state index in [4.69, 9.17) is 0 Å². The van der Waals surface area contributed by atoms with Crippen LogP contribution in [0.15, 0.2) is 17.0 Å². The predicted molar refractivity (Wildman–Crippen MR) is 65.7 cm³/mol. The standard InChI is InChI=1S/C12H16F3NO2S/c1-3-5-8-16(4-2)19(17,18)10-7-6-9(13)11(14)12(10)15/h6-7H,3-5,8H2,1-2H3. The van der Waals surface area contributed by atoms with Crippen molar-refractivity contribution in [1.29, 1.82) is 0 Å². The Morgan fingerprint density at radius 2 is 1.74 bits per heavy atom. The van der Waals surface area contributed by atoms with Gasteiger partial charge in [0.2, 0.25) is 10.0 Å². The zero-order chi connectivity index (χ0) is 14.6. The van der Waals surface area contributed by atoms with Crippen molar-refractivity contribution in [3.63, 3.8) is 0 Å². The van der Waals surface area contributed by atoms with Crippen molar-refractivity contribution in [1.82, 2.24) is 4.31 Å². The topological polar surface area (TPSA) is 37.4 Å². The van der Waals surface area contributed by atoms with Crippen molar-refractivity contribution in [2.75, 3.05) is 13.1 Å². The van der Waals surface area contributed by atoms with E-state index in [1.165, 1.54) is 0 Å². The monoisotopic (exact) mass is 295 g/mol. The van der Waals surface area contributed by atoms with Crippen molar-refractivity contribution in [3.05, 3.63) is 29.6 Å². The normalized spacial score (nSPS) is 12.1. The van der Waals surface area contributed by atoms with E-state index in [1.807, 2.05) is 6.92 Å². The summed E-state index contributed by atoms with van der Waals surface area (Å²) in [5.41, 5.74) is 0. The highest BCUT2D eigenvalue weighted by atomic mass is 32.2. The van der Waals surface area contributed by atoms with Crippen LogP contribution in [0.4, 0.5) is 13.2 Å². The van der Waals surface area contributed by atoms with Crippen LogP contribution >= 0.6 is 0 Å². The van der Waals surface area contributed by atoms with Crippen LogP contribution in [0.5, 0.6) is 0 Å². The minimum atomic E-state index is -4.14. The van der Waals surface area contributed by atoms with E-state index in [-0.39, 0.29) is 13.1 Å². The van der Waals surface area contributed by atoms with Gasteiger partial charge in [0.1, 0.15) is 4.90 Å². The maximum Gasteiger partial charge on any atom is 0.246 e. The van der Waals surface area contributed by atoms with Gasteiger partial charge in [-0.15, -0.1) is 0 Å². The van der Waals surface area contributed by atoms with Gasteiger partial charge in [0, 0.05) is 13.1 Å². The molecule has 1 aromatic carbocycles. The highest BCUT2D eigenvalue weighted by Crippen LogP contribution is 2.23. The SMILES string of the molecule is CCCCN(CC)S(=O)(=O)c1ccc(F)c(F)c1F. The van der Waals surface area contributed by atoms with Crippen LogP contribution in [0.25, 0.3) is 0 Å². The van der Waals surface area contributed by atoms with E-state index in [9.17, 15) is 21.6 Å². The molecule has 7 heteroatoms. The van der Waals surface area contributed by atoms with Crippen LogP contribution in [0.1, 0.15) is 26.7 Å². The lowest BCUT2D eigenvalue weighted by Gasteiger charge is -2.20. The molecule has 0 amide bonds. The summed E-state index contributed by atoms with van der Waals surface area (Å²) in [5, 5.41) is 0. The van der Waals surface area contributed by atoms with Gasteiger partial charge in [-0.3, -0.25) is 0 Å². The second-order valence-electron chi connectivity index (χ2n) is 4.02. The van der Waals surface area contributed by atoms with Crippen LogP contribution in [0.2, 0.25) is 0 Å².